The Balaban J connectivity index is 1.65. The summed E-state index contributed by atoms with van der Waals surface area (Å²) in [6, 6.07) is 21.1. The van der Waals surface area contributed by atoms with Gasteiger partial charge < -0.3 is 9.47 Å². The number of ether oxygens (including phenoxy) is 2. The van der Waals surface area contributed by atoms with Gasteiger partial charge in [-0.3, -0.25) is 19.7 Å². The van der Waals surface area contributed by atoms with Gasteiger partial charge in [0, 0.05) is 11.1 Å². The summed E-state index contributed by atoms with van der Waals surface area (Å²) in [5.41, 5.74) is 0.774. The van der Waals surface area contributed by atoms with Crippen molar-refractivity contribution in [1.29, 1.82) is 0 Å². The molecule has 0 fully saturated rings. The molecule has 2 amide bonds. The Labute approximate surface area is 178 Å². The molecule has 0 aromatic heterocycles. The monoisotopic (exact) mass is 417 g/mol. The zero-order valence-electron chi connectivity index (χ0n) is 16.7. The summed E-state index contributed by atoms with van der Waals surface area (Å²) in [4.78, 5) is 49.6. The molecule has 0 atom stereocenters. The number of hydrogen-bond acceptors (Lipinski definition) is 6. The molecule has 0 spiro atoms. The second-order valence-corrected chi connectivity index (χ2v) is 6.39. The maximum atomic E-state index is 12.7. The van der Waals surface area contributed by atoms with Gasteiger partial charge in [0.15, 0.2) is 12.4 Å². The fourth-order valence-corrected chi connectivity index (χ4v) is 2.88. The number of amides is 2. The van der Waals surface area contributed by atoms with Crippen molar-refractivity contribution in [3.8, 4) is 5.75 Å². The minimum absolute atomic E-state index is 0.0280. The Morgan fingerprint density at radius 2 is 1.32 bits per heavy atom. The summed E-state index contributed by atoms with van der Waals surface area (Å²) in [6.07, 6.45) is 0. The van der Waals surface area contributed by atoms with E-state index < -0.39 is 24.4 Å². The van der Waals surface area contributed by atoms with Gasteiger partial charge in [-0.15, -0.1) is 0 Å². The minimum atomic E-state index is -0.847. The second-order valence-electron chi connectivity index (χ2n) is 6.39. The van der Waals surface area contributed by atoms with E-state index in [1.54, 1.807) is 60.7 Å². The lowest BCUT2D eigenvalue weighted by molar-refractivity contribution is -0.123. The van der Waals surface area contributed by atoms with Crippen LogP contribution in [0, 0.1) is 0 Å². The van der Waals surface area contributed by atoms with Crippen molar-refractivity contribution in [2.75, 3.05) is 13.7 Å². The third kappa shape index (κ3) is 5.22. The summed E-state index contributed by atoms with van der Waals surface area (Å²) >= 11 is 0. The molecule has 0 aliphatic carbocycles. The van der Waals surface area contributed by atoms with Crippen LogP contribution in [0.15, 0.2) is 78.9 Å². The van der Waals surface area contributed by atoms with Crippen molar-refractivity contribution in [3.63, 3.8) is 0 Å². The maximum Gasteiger partial charge on any atom is 0.339 e. The summed E-state index contributed by atoms with van der Waals surface area (Å²) in [5, 5.41) is 2.14. The summed E-state index contributed by atoms with van der Waals surface area (Å²) < 4.78 is 10.1. The van der Waals surface area contributed by atoms with Crippen molar-refractivity contribution < 1.29 is 28.7 Å². The van der Waals surface area contributed by atoms with Crippen LogP contribution in [-0.4, -0.2) is 37.3 Å². The van der Waals surface area contributed by atoms with Gasteiger partial charge in [0.2, 0.25) is 0 Å². The molecule has 156 valence electrons. The highest BCUT2D eigenvalue weighted by Gasteiger charge is 2.21. The number of ketones is 1. The molecule has 0 unspecified atom stereocenters. The molecular formula is C24H19NO6. The Morgan fingerprint density at radius 3 is 2.00 bits per heavy atom. The first-order valence-electron chi connectivity index (χ1n) is 9.34. The van der Waals surface area contributed by atoms with Crippen LogP contribution < -0.4 is 10.1 Å². The lowest BCUT2D eigenvalue weighted by atomic mass is 9.98. The van der Waals surface area contributed by atoms with E-state index in [0.717, 1.165) is 0 Å². The van der Waals surface area contributed by atoms with Gasteiger partial charge in [-0.1, -0.05) is 60.7 Å². The Bertz CT molecular complexity index is 1120. The minimum Gasteiger partial charge on any atom is -0.496 e. The van der Waals surface area contributed by atoms with E-state index in [-0.39, 0.29) is 22.5 Å². The number of carbonyl (C=O) groups excluding carboxylic acids is 4. The lowest BCUT2D eigenvalue weighted by Crippen LogP contribution is -2.34. The number of imide groups is 1. The smallest absolute Gasteiger partial charge is 0.339 e. The number of hydrogen-bond donors (Lipinski definition) is 1. The normalized spacial score (nSPS) is 10.1. The van der Waals surface area contributed by atoms with Gasteiger partial charge >= 0.3 is 5.97 Å². The van der Waals surface area contributed by atoms with Gasteiger partial charge in [-0.2, -0.15) is 0 Å². The number of nitrogens with one attached hydrogen (secondary N) is 1. The fourth-order valence-electron chi connectivity index (χ4n) is 2.88. The van der Waals surface area contributed by atoms with Crippen LogP contribution in [0.1, 0.15) is 36.6 Å². The van der Waals surface area contributed by atoms with Crippen molar-refractivity contribution in [2.45, 2.75) is 0 Å². The molecule has 3 aromatic rings. The zero-order valence-corrected chi connectivity index (χ0v) is 16.7. The number of para-hydroxylation sites is 1. The van der Waals surface area contributed by atoms with Gasteiger partial charge in [0.25, 0.3) is 11.8 Å². The third-order valence-corrected chi connectivity index (χ3v) is 4.37. The molecule has 3 aromatic carbocycles. The van der Waals surface area contributed by atoms with E-state index in [1.165, 1.54) is 25.3 Å². The average molecular weight is 417 g/mol. The van der Waals surface area contributed by atoms with Crippen molar-refractivity contribution >= 4 is 23.6 Å². The maximum absolute atomic E-state index is 12.7. The van der Waals surface area contributed by atoms with E-state index in [0.29, 0.717) is 11.3 Å². The fraction of sp³-hybridized carbons (Fsp3) is 0.0833. The topological polar surface area (TPSA) is 98.8 Å². The van der Waals surface area contributed by atoms with Crippen molar-refractivity contribution in [3.05, 3.63) is 101 Å². The number of benzene rings is 3. The van der Waals surface area contributed by atoms with E-state index in [1.807, 2.05) is 0 Å². The van der Waals surface area contributed by atoms with Crippen molar-refractivity contribution in [2.24, 2.45) is 0 Å². The van der Waals surface area contributed by atoms with Crippen LogP contribution in [0.3, 0.4) is 0 Å². The average Bonchev–Trinajstić information content (AvgIpc) is 2.82. The standard InChI is InChI=1S/C24H19NO6/c1-30-20-14-8-7-13-19(20)23(28)25-21(26)15-31-24(29)18-12-6-5-11-17(18)22(27)16-9-3-2-4-10-16/h2-14H,15H2,1H3,(H,25,26,28). The van der Waals surface area contributed by atoms with Crippen LogP contribution in [0.2, 0.25) is 0 Å². The molecule has 0 saturated carbocycles. The van der Waals surface area contributed by atoms with Crippen LogP contribution in [0.25, 0.3) is 0 Å². The quantitative estimate of drug-likeness (QED) is 0.469. The highest BCUT2D eigenvalue weighted by molar-refractivity contribution is 6.14. The molecule has 1 N–H and O–H groups in total. The van der Waals surface area contributed by atoms with Crippen LogP contribution in [0.4, 0.5) is 0 Å². The number of carbonyl (C=O) groups is 4. The predicted molar refractivity (Wildman–Crippen MR) is 112 cm³/mol. The third-order valence-electron chi connectivity index (χ3n) is 4.37. The Hall–Kier alpha value is -4.26. The van der Waals surface area contributed by atoms with Gasteiger partial charge in [-0.25, -0.2) is 4.79 Å². The molecule has 7 nitrogen and oxygen atoms in total. The van der Waals surface area contributed by atoms with Gasteiger partial charge in [0.05, 0.1) is 18.2 Å². The van der Waals surface area contributed by atoms with E-state index in [2.05, 4.69) is 5.32 Å². The summed E-state index contributed by atoms with van der Waals surface area (Å²) in [7, 11) is 1.41. The second kappa shape index (κ2) is 9.98. The SMILES string of the molecule is COc1ccccc1C(=O)NC(=O)COC(=O)c1ccccc1C(=O)c1ccccc1. The summed E-state index contributed by atoms with van der Waals surface area (Å²) in [5.74, 6) is -2.38. The molecule has 0 aliphatic heterocycles. The Morgan fingerprint density at radius 1 is 0.742 bits per heavy atom. The number of methoxy groups -OCH3 is 1. The molecule has 3 rings (SSSR count). The number of rotatable bonds is 7. The van der Waals surface area contributed by atoms with E-state index in [4.69, 9.17) is 9.47 Å². The van der Waals surface area contributed by atoms with Gasteiger partial charge in [-0.05, 0) is 18.2 Å². The molecule has 0 saturated heterocycles. The van der Waals surface area contributed by atoms with E-state index >= 15 is 0 Å². The molecular weight excluding hydrogens is 398 g/mol. The lowest BCUT2D eigenvalue weighted by Gasteiger charge is -2.10. The first-order chi connectivity index (χ1) is 15.0. The molecule has 0 bridgehead atoms. The van der Waals surface area contributed by atoms with Crippen LogP contribution >= 0.6 is 0 Å². The Kier molecular flexibility index (Phi) is 6.90. The van der Waals surface area contributed by atoms with Crippen LogP contribution in [0.5, 0.6) is 5.75 Å². The summed E-state index contributed by atoms with van der Waals surface area (Å²) in [6.45, 7) is -0.687. The first kappa shape index (κ1) is 21.4. The zero-order chi connectivity index (χ0) is 22.2. The van der Waals surface area contributed by atoms with Gasteiger partial charge in [0.1, 0.15) is 5.75 Å². The molecule has 7 heteroatoms. The molecule has 0 radical (unpaired) electrons. The molecule has 0 heterocycles. The highest BCUT2D eigenvalue weighted by atomic mass is 16.5. The van der Waals surface area contributed by atoms with Crippen LogP contribution in [-0.2, 0) is 9.53 Å². The van der Waals surface area contributed by atoms with E-state index in [9.17, 15) is 19.2 Å². The highest BCUT2D eigenvalue weighted by Crippen LogP contribution is 2.17. The van der Waals surface area contributed by atoms with Crippen molar-refractivity contribution in [1.82, 2.24) is 5.32 Å². The first-order valence-corrected chi connectivity index (χ1v) is 9.34. The molecule has 0 aliphatic rings. The largest absolute Gasteiger partial charge is 0.496 e. The predicted octanol–water partition coefficient (Wildman–Crippen LogP) is 3.04. The number of esters is 1. The molecule has 31 heavy (non-hydrogen) atoms.